The van der Waals surface area contributed by atoms with Gasteiger partial charge in [0, 0.05) is 24.8 Å². The molecule has 122 valence electrons. The van der Waals surface area contributed by atoms with Crippen molar-refractivity contribution < 1.29 is 9.59 Å². The van der Waals surface area contributed by atoms with Gasteiger partial charge in [-0.3, -0.25) is 9.59 Å². The number of benzene rings is 1. The molecule has 0 saturated heterocycles. The normalized spacial score (nSPS) is 10.3. The minimum atomic E-state index is -0.163. The number of aryl methyl sites for hydroxylation is 1. The van der Waals surface area contributed by atoms with Crippen LogP contribution in [-0.4, -0.2) is 38.9 Å². The number of amides is 2. The number of rotatable bonds is 7. The summed E-state index contributed by atoms with van der Waals surface area (Å²) < 4.78 is 1.75. The molecule has 2 rings (SSSR count). The van der Waals surface area contributed by atoms with Gasteiger partial charge in [-0.2, -0.15) is 0 Å². The molecule has 1 aromatic carbocycles. The molecule has 23 heavy (non-hydrogen) atoms. The predicted octanol–water partition coefficient (Wildman–Crippen LogP) is 1.69. The van der Waals surface area contributed by atoms with Crippen molar-refractivity contribution in [2.45, 2.75) is 18.5 Å². The van der Waals surface area contributed by atoms with Crippen molar-refractivity contribution in [2.24, 2.45) is 7.05 Å². The van der Waals surface area contributed by atoms with E-state index >= 15 is 0 Å². The maximum Gasteiger partial charge on any atom is 0.251 e. The molecule has 0 aliphatic rings. The molecule has 0 aliphatic heterocycles. The number of anilines is 1. The fourth-order valence-electron chi connectivity index (χ4n) is 1.81. The third-order valence-electron chi connectivity index (χ3n) is 2.95. The molecule has 1 heterocycles. The Balaban J connectivity index is 1.90. The summed E-state index contributed by atoms with van der Waals surface area (Å²) in [6, 6.07) is 6.87. The molecule has 7 nitrogen and oxygen atoms in total. The Hall–Kier alpha value is -2.35. The van der Waals surface area contributed by atoms with Crippen LogP contribution < -0.4 is 10.6 Å². The van der Waals surface area contributed by atoms with E-state index in [0.29, 0.717) is 23.0 Å². The second-order valence-corrected chi connectivity index (χ2v) is 5.84. The molecule has 8 heteroatoms. The predicted molar refractivity (Wildman–Crippen MR) is 89.4 cm³/mol. The number of thioether (sulfide) groups is 1. The smallest absolute Gasteiger partial charge is 0.251 e. The van der Waals surface area contributed by atoms with Crippen molar-refractivity contribution in [1.82, 2.24) is 20.1 Å². The molecule has 0 aliphatic carbocycles. The third-order valence-corrected chi connectivity index (χ3v) is 3.98. The van der Waals surface area contributed by atoms with Crippen LogP contribution in [0, 0.1) is 0 Å². The van der Waals surface area contributed by atoms with E-state index < -0.39 is 0 Å². The van der Waals surface area contributed by atoms with Crippen LogP contribution in [-0.2, 0) is 11.8 Å². The highest BCUT2D eigenvalue weighted by Crippen LogP contribution is 2.15. The Morgan fingerprint density at radius 3 is 2.87 bits per heavy atom. The minimum absolute atomic E-state index is 0.142. The van der Waals surface area contributed by atoms with Gasteiger partial charge in [0.05, 0.1) is 5.75 Å². The molecule has 2 amide bonds. The van der Waals surface area contributed by atoms with Gasteiger partial charge in [-0.25, -0.2) is 0 Å². The van der Waals surface area contributed by atoms with Crippen LogP contribution in [0.5, 0.6) is 0 Å². The zero-order valence-electron chi connectivity index (χ0n) is 13.1. The van der Waals surface area contributed by atoms with E-state index in [9.17, 15) is 9.59 Å². The summed E-state index contributed by atoms with van der Waals surface area (Å²) in [6.07, 6.45) is 2.46. The summed E-state index contributed by atoms with van der Waals surface area (Å²) in [5.41, 5.74) is 1.12. The third kappa shape index (κ3) is 5.10. The van der Waals surface area contributed by atoms with Gasteiger partial charge in [0.1, 0.15) is 6.33 Å². The standard InChI is InChI=1S/C15H19N5O2S/c1-3-7-16-14(22)11-5-4-6-12(8-11)18-13(21)9-23-15-19-17-10-20(15)2/h4-6,8,10H,3,7,9H2,1-2H3,(H,16,22)(H,18,21). The Bertz CT molecular complexity index is 686. The van der Waals surface area contributed by atoms with E-state index in [2.05, 4.69) is 20.8 Å². The van der Waals surface area contributed by atoms with Crippen molar-refractivity contribution in [2.75, 3.05) is 17.6 Å². The summed E-state index contributed by atoms with van der Waals surface area (Å²) in [6.45, 7) is 2.62. The monoisotopic (exact) mass is 333 g/mol. The average molecular weight is 333 g/mol. The SMILES string of the molecule is CCCNC(=O)c1cccc(NC(=O)CSc2nncn2C)c1. The van der Waals surface area contributed by atoms with E-state index in [4.69, 9.17) is 0 Å². The topological polar surface area (TPSA) is 88.9 Å². The Morgan fingerprint density at radius 2 is 2.17 bits per heavy atom. The van der Waals surface area contributed by atoms with Crippen LogP contribution in [0.15, 0.2) is 35.7 Å². The Morgan fingerprint density at radius 1 is 1.35 bits per heavy atom. The molecule has 0 atom stereocenters. The maximum absolute atomic E-state index is 12.0. The van der Waals surface area contributed by atoms with Crippen molar-refractivity contribution >= 4 is 29.3 Å². The maximum atomic E-state index is 12.0. The second-order valence-electron chi connectivity index (χ2n) is 4.90. The van der Waals surface area contributed by atoms with Crippen molar-refractivity contribution in [1.29, 1.82) is 0 Å². The molecular formula is C15H19N5O2S. The summed E-state index contributed by atoms with van der Waals surface area (Å²) in [7, 11) is 1.82. The van der Waals surface area contributed by atoms with Gasteiger partial charge in [-0.15, -0.1) is 10.2 Å². The average Bonchev–Trinajstić information content (AvgIpc) is 2.96. The molecule has 0 fully saturated rings. The zero-order chi connectivity index (χ0) is 16.7. The van der Waals surface area contributed by atoms with Gasteiger partial charge in [0.25, 0.3) is 5.91 Å². The van der Waals surface area contributed by atoms with Crippen LogP contribution in [0.1, 0.15) is 23.7 Å². The van der Waals surface area contributed by atoms with Crippen LogP contribution in [0.3, 0.4) is 0 Å². The first-order chi connectivity index (χ1) is 11.1. The van der Waals surface area contributed by atoms with E-state index in [0.717, 1.165) is 6.42 Å². The van der Waals surface area contributed by atoms with E-state index in [1.165, 1.54) is 11.8 Å². The second kappa shape index (κ2) is 8.33. The number of hydrogen-bond donors (Lipinski definition) is 2. The number of aromatic nitrogens is 3. The van der Waals surface area contributed by atoms with Gasteiger partial charge >= 0.3 is 0 Å². The summed E-state index contributed by atoms with van der Waals surface area (Å²) in [4.78, 5) is 23.9. The van der Waals surface area contributed by atoms with Crippen LogP contribution in [0.4, 0.5) is 5.69 Å². The van der Waals surface area contributed by atoms with Crippen molar-refractivity contribution in [3.8, 4) is 0 Å². The minimum Gasteiger partial charge on any atom is -0.352 e. The molecule has 0 spiro atoms. The van der Waals surface area contributed by atoms with E-state index in [-0.39, 0.29) is 17.6 Å². The molecule has 2 aromatic rings. The van der Waals surface area contributed by atoms with E-state index in [1.54, 1.807) is 35.2 Å². The van der Waals surface area contributed by atoms with Gasteiger partial charge in [-0.1, -0.05) is 24.8 Å². The lowest BCUT2D eigenvalue weighted by Crippen LogP contribution is -2.24. The van der Waals surface area contributed by atoms with Crippen molar-refractivity contribution in [3.05, 3.63) is 36.2 Å². The van der Waals surface area contributed by atoms with Crippen LogP contribution in [0.2, 0.25) is 0 Å². The quantitative estimate of drug-likeness (QED) is 0.753. The number of carbonyl (C=O) groups is 2. The van der Waals surface area contributed by atoms with Gasteiger partial charge in [0.2, 0.25) is 5.91 Å². The number of nitrogens with zero attached hydrogens (tertiary/aromatic N) is 3. The number of nitrogens with one attached hydrogen (secondary N) is 2. The van der Waals surface area contributed by atoms with Gasteiger partial charge in [-0.05, 0) is 24.6 Å². The highest BCUT2D eigenvalue weighted by Gasteiger charge is 2.09. The molecule has 0 radical (unpaired) electrons. The molecular weight excluding hydrogens is 314 g/mol. The van der Waals surface area contributed by atoms with Crippen molar-refractivity contribution in [3.63, 3.8) is 0 Å². The van der Waals surface area contributed by atoms with Gasteiger partial charge < -0.3 is 15.2 Å². The summed E-state index contributed by atoms with van der Waals surface area (Å²) in [5.74, 6) is -0.0840. The first-order valence-electron chi connectivity index (χ1n) is 7.25. The first-order valence-corrected chi connectivity index (χ1v) is 8.23. The number of carbonyl (C=O) groups excluding carboxylic acids is 2. The zero-order valence-corrected chi connectivity index (χ0v) is 13.9. The molecule has 2 N–H and O–H groups in total. The first kappa shape index (κ1) is 17.0. The lowest BCUT2D eigenvalue weighted by atomic mass is 10.2. The Kier molecular flexibility index (Phi) is 6.16. The molecule has 1 aromatic heterocycles. The highest BCUT2D eigenvalue weighted by molar-refractivity contribution is 7.99. The number of hydrogen-bond acceptors (Lipinski definition) is 5. The van der Waals surface area contributed by atoms with Crippen LogP contribution >= 0.6 is 11.8 Å². The molecule has 0 unspecified atom stereocenters. The highest BCUT2D eigenvalue weighted by atomic mass is 32.2. The van der Waals surface area contributed by atoms with Gasteiger partial charge in [0.15, 0.2) is 5.16 Å². The lowest BCUT2D eigenvalue weighted by Gasteiger charge is -2.08. The Labute approximate surface area is 138 Å². The fourth-order valence-corrected chi connectivity index (χ4v) is 2.50. The largest absolute Gasteiger partial charge is 0.352 e. The fraction of sp³-hybridized carbons (Fsp3) is 0.333. The molecule has 0 saturated carbocycles. The lowest BCUT2D eigenvalue weighted by molar-refractivity contribution is -0.113. The summed E-state index contributed by atoms with van der Waals surface area (Å²) in [5, 5.41) is 13.9. The van der Waals surface area contributed by atoms with Crippen LogP contribution in [0.25, 0.3) is 0 Å². The van der Waals surface area contributed by atoms with E-state index in [1.807, 2.05) is 14.0 Å². The molecule has 0 bridgehead atoms. The summed E-state index contributed by atoms with van der Waals surface area (Å²) >= 11 is 1.30.